The number of rotatable bonds is 4. The van der Waals surface area contributed by atoms with E-state index in [1.54, 1.807) is 25.6 Å². The Balaban J connectivity index is 1.51. The van der Waals surface area contributed by atoms with Gasteiger partial charge in [-0.15, -0.1) is 0 Å². The lowest BCUT2D eigenvalue weighted by Crippen LogP contribution is -2.48. The van der Waals surface area contributed by atoms with E-state index in [1.165, 1.54) is 0 Å². The first-order valence-electron chi connectivity index (χ1n) is 9.23. The number of hydrogen-bond donors (Lipinski definition) is 0. The van der Waals surface area contributed by atoms with Gasteiger partial charge in [0.25, 0.3) is 5.91 Å². The predicted molar refractivity (Wildman–Crippen MR) is 112 cm³/mol. The van der Waals surface area contributed by atoms with Gasteiger partial charge < -0.3 is 19.3 Å². The standard InChI is InChI=1S/C21H23N3O3S/c1-14-5-4-6-15(13-14)20(25)23-9-11-24(12-10-23)21-22-18-16(26-2)7-8-17(27-3)19(18)28-21/h4-8,13H,9-12H2,1-3H3. The van der Waals surface area contributed by atoms with Gasteiger partial charge in [-0.2, -0.15) is 0 Å². The van der Waals surface area contributed by atoms with Crippen LogP contribution in [0.2, 0.25) is 0 Å². The fourth-order valence-electron chi connectivity index (χ4n) is 3.47. The van der Waals surface area contributed by atoms with Gasteiger partial charge in [-0.25, -0.2) is 4.98 Å². The third-order valence-electron chi connectivity index (χ3n) is 5.00. The van der Waals surface area contributed by atoms with Crippen LogP contribution in [0.3, 0.4) is 0 Å². The molecule has 1 fully saturated rings. The lowest BCUT2D eigenvalue weighted by Gasteiger charge is -2.34. The zero-order valence-corrected chi connectivity index (χ0v) is 17.1. The number of aromatic nitrogens is 1. The summed E-state index contributed by atoms with van der Waals surface area (Å²) in [7, 11) is 3.31. The van der Waals surface area contributed by atoms with Crippen LogP contribution in [0.1, 0.15) is 15.9 Å². The summed E-state index contributed by atoms with van der Waals surface area (Å²) in [6, 6.07) is 11.5. The number of aryl methyl sites for hydroxylation is 1. The van der Waals surface area contributed by atoms with Crippen molar-refractivity contribution in [3.63, 3.8) is 0 Å². The first-order valence-corrected chi connectivity index (χ1v) is 10.0. The third-order valence-corrected chi connectivity index (χ3v) is 6.13. The van der Waals surface area contributed by atoms with Crippen molar-refractivity contribution in [2.45, 2.75) is 6.92 Å². The number of nitrogens with zero attached hydrogens (tertiary/aromatic N) is 3. The van der Waals surface area contributed by atoms with Gasteiger partial charge in [0.15, 0.2) is 5.13 Å². The molecule has 6 nitrogen and oxygen atoms in total. The Morgan fingerprint density at radius 3 is 2.43 bits per heavy atom. The SMILES string of the molecule is COc1ccc(OC)c2sc(N3CCN(C(=O)c4cccc(C)c4)CC3)nc12. The Labute approximate surface area is 168 Å². The molecular formula is C21H23N3O3S. The maximum Gasteiger partial charge on any atom is 0.253 e. The molecule has 0 unspecified atom stereocenters. The van der Waals surface area contributed by atoms with E-state index in [4.69, 9.17) is 14.5 Å². The van der Waals surface area contributed by atoms with E-state index in [2.05, 4.69) is 4.90 Å². The van der Waals surface area contributed by atoms with Crippen LogP contribution in [0.15, 0.2) is 36.4 Å². The summed E-state index contributed by atoms with van der Waals surface area (Å²) in [5.74, 6) is 1.63. The van der Waals surface area contributed by atoms with Crippen molar-refractivity contribution in [3.05, 3.63) is 47.5 Å². The van der Waals surface area contributed by atoms with Crippen molar-refractivity contribution >= 4 is 32.6 Å². The molecule has 0 aliphatic carbocycles. The first-order chi connectivity index (χ1) is 13.6. The Bertz CT molecular complexity index is 968. The lowest BCUT2D eigenvalue weighted by molar-refractivity contribution is 0.0746. The van der Waals surface area contributed by atoms with Gasteiger partial charge in [-0.1, -0.05) is 29.0 Å². The smallest absolute Gasteiger partial charge is 0.253 e. The topological polar surface area (TPSA) is 54.9 Å². The maximum absolute atomic E-state index is 12.8. The van der Waals surface area contributed by atoms with Crippen LogP contribution in [-0.2, 0) is 0 Å². The molecule has 0 spiro atoms. The molecule has 1 amide bonds. The molecule has 1 aliphatic heterocycles. The molecule has 7 heteroatoms. The van der Waals surface area contributed by atoms with E-state index >= 15 is 0 Å². The average molecular weight is 398 g/mol. The number of piperazine rings is 1. The minimum absolute atomic E-state index is 0.0935. The molecule has 0 radical (unpaired) electrons. The monoisotopic (exact) mass is 397 g/mol. The average Bonchev–Trinajstić information content (AvgIpc) is 3.18. The molecule has 28 heavy (non-hydrogen) atoms. The number of carbonyl (C=O) groups excluding carboxylic acids is 1. The Morgan fingerprint density at radius 2 is 1.75 bits per heavy atom. The fourth-order valence-corrected chi connectivity index (χ4v) is 4.60. The van der Waals surface area contributed by atoms with Gasteiger partial charge >= 0.3 is 0 Å². The minimum Gasteiger partial charge on any atom is -0.495 e. The molecule has 2 heterocycles. The Morgan fingerprint density at radius 1 is 1.04 bits per heavy atom. The Kier molecular flexibility index (Phi) is 5.09. The predicted octanol–water partition coefficient (Wildman–Crippen LogP) is 3.58. The van der Waals surface area contributed by atoms with Crippen molar-refractivity contribution in [2.24, 2.45) is 0 Å². The van der Waals surface area contributed by atoms with Gasteiger partial charge in [-0.05, 0) is 31.2 Å². The van der Waals surface area contributed by atoms with Crippen molar-refractivity contribution in [2.75, 3.05) is 45.3 Å². The summed E-state index contributed by atoms with van der Waals surface area (Å²) in [4.78, 5) is 21.7. The number of benzene rings is 2. The summed E-state index contributed by atoms with van der Waals surface area (Å²) in [5, 5.41) is 0.931. The zero-order valence-electron chi connectivity index (χ0n) is 16.3. The van der Waals surface area contributed by atoms with Gasteiger partial charge in [-0.3, -0.25) is 4.79 Å². The molecule has 1 aliphatic rings. The van der Waals surface area contributed by atoms with Crippen molar-refractivity contribution in [1.29, 1.82) is 0 Å². The fraction of sp³-hybridized carbons (Fsp3) is 0.333. The van der Waals surface area contributed by atoms with E-state index in [0.29, 0.717) is 13.1 Å². The molecule has 0 bridgehead atoms. The van der Waals surface area contributed by atoms with Crippen LogP contribution >= 0.6 is 11.3 Å². The number of amides is 1. The number of carbonyl (C=O) groups is 1. The molecule has 146 valence electrons. The summed E-state index contributed by atoms with van der Waals surface area (Å²) < 4.78 is 11.9. The molecular weight excluding hydrogens is 374 g/mol. The number of thiazole rings is 1. The minimum atomic E-state index is 0.0935. The molecule has 1 aromatic heterocycles. The van der Waals surface area contributed by atoms with Crippen molar-refractivity contribution in [1.82, 2.24) is 9.88 Å². The quantitative estimate of drug-likeness (QED) is 0.674. The van der Waals surface area contributed by atoms with E-state index in [1.807, 2.05) is 48.2 Å². The number of hydrogen-bond acceptors (Lipinski definition) is 6. The maximum atomic E-state index is 12.8. The molecule has 0 saturated carbocycles. The molecule has 1 saturated heterocycles. The highest BCUT2D eigenvalue weighted by Gasteiger charge is 2.25. The first kappa shape index (κ1) is 18.6. The molecule has 2 aromatic carbocycles. The van der Waals surface area contributed by atoms with Crippen LogP contribution in [0.5, 0.6) is 11.5 Å². The number of anilines is 1. The summed E-state index contributed by atoms with van der Waals surface area (Å²) in [6.45, 7) is 4.86. The number of fused-ring (bicyclic) bond motifs is 1. The van der Waals surface area contributed by atoms with Crippen LogP contribution in [-0.4, -0.2) is 56.2 Å². The highest BCUT2D eigenvalue weighted by molar-refractivity contribution is 7.22. The van der Waals surface area contributed by atoms with Crippen LogP contribution < -0.4 is 14.4 Å². The van der Waals surface area contributed by atoms with Crippen LogP contribution in [0.25, 0.3) is 10.2 Å². The van der Waals surface area contributed by atoms with E-state index in [-0.39, 0.29) is 5.91 Å². The Hall–Kier alpha value is -2.80. The zero-order chi connectivity index (χ0) is 19.7. The second-order valence-corrected chi connectivity index (χ2v) is 7.77. The van der Waals surface area contributed by atoms with Crippen LogP contribution in [0.4, 0.5) is 5.13 Å². The van der Waals surface area contributed by atoms with Gasteiger partial charge in [0.2, 0.25) is 0 Å². The van der Waals surface area contributed by atoms with Crippen molar-refractivity contribution < 1.29 is 14.3 Å². The van der Waals surface area contributed by atoms with Gasteiger partial charge in [0.05, 0.1) is 14.2 Å². The second kappa shape index (κ2) is 7.67. The molecule has 3 aromatic rings. The summed E-state index contributed by atoms with van der Waals surface area (Å²) in [5.41, 5.74) is 2.67. The van der Waals surface area contributed by atoms with Crippen LogP contribution in [0, 0.1) is 6.92 Å². The summed E-state index contributed by atoms with van der Waals surface area (Å²) in [6.07, 6.45) is 0. The van der Waals surface area contributed by atoms with Crippen molar-refractivity contribution in [3.8, 4) is 11.5 Å². The van der Waals surface area contributed by atoms with Gasteiger partial charge in [0.1, 0.15) is 21.7 Å². The largest absolute Gasteiger partial charge is 0.495 e. The number of ether oxygens (including phenoxy) is 2. The molecule has 4 rings (SSSR count). The molecule has 0 N–H and O–H groups in total. The van der Waals surface area contributed by atoms with E-state index in [0.717, 1.165) is 51.1 Å². The molecule has 0 atom stereocenters. The highest BCUT2D eigenvalue weighted by atomic mass is 32.1. The summed E-state index contributed by atoms with van der Waals surface area (Å²) >= 11 is 1.60. The number of methoxy groups -OCH3 is 2. The normalized spacial score (nSPS) is 14.4. The second-order valence-electron chi connectivity index (χ2n) is 6.79. The van der Waals surface area contributed by atoms with Gasteiger partial charge in [0, 0.05) is 31.7 Å². The highest BCUT2D eigenvalue weighted by Crippen LogP contribution is 2.40. The van der Waals surface area contributed by atoms with E-state index < -0.39 is 0 Å². The lowest BCUT2D eigenvalue weighted by atomic mass is 10.1. The third kappa shape index (κ3) is 3.38. The van der Waals surface area contributed by atoms with E-state index in [9.17, 15) is 4.79 Å².